The number of hydrogen-bond acceptors (Lipinski definition) is 3. The van der Waals surface area contributed by atoms with Crippen molar-refractivity contribution in [1.29, 1.82) is 0 Å². The molecule has 2 aromatic rings. The molecule has 1 fully saturated rings. The van der Waals surface area contributed by atoms with Gasteiger partial charge in [-0.25, -0.2) is 4.39 Å². The molecule has 120 valence electrons. The molecule has 1 aliphatic rings. The van der Waals surface area contributed by atoms with Crippen LogP contribution in [0, 0.1) is 12.7 Å². The molecule has 0 aromatic heterocycles. The zero-order valence-corrected chi connectivity index (χ0v) is 13.6. The van der Waals surface area contributed by atoms with E-state index < -0.39 is 5.82 Å². The van der Waals surface area contributed by atoms with Crippen molar-refractivity contribution in [3.8, 4) is 0 Å². The molecule has 23 heavy (non-hydrogen) atoms. The molecule has 0 saturated carbocycles. The molecule has 2 aromatic carbocycles. The van der Waals surface area contributed by atoms with E-state index in [-0.39, 0.29) is 11.3 Å². The second-order valence-corrected chi connectivity index (χ2v) is 6.00. The van der Waals surface area contributed by atoms with Gasteiger partial charge < -0.3 is 9.80 Å². The van der Waals surface area contributed by atoms with Gasteiger partial charge in [-0.15, -0.1) is 0 Å². The summed E-state index contributed by atoms with van der Waals surface area (Å²) in [6, 6.07) is 13.3. The number of aryl methyl sites for hydroxylation is 1. The fraction of sp³-hybridized carbons (Fsp3) is 0.316. The van der Waals surface area contributed by atoms with Crippen LogP contribution in [0.5, 0.6) is 0 Å². The maximum atomic E-state index is 14.0. The van der Waals surface area contributed by atoms with Crippen molar-refractivity contribution in [3.63, 3.8) is 0 Å². The minimum Gasteiger partial charge on any atom is -0.368 e. The lowest BCUT2D eigenvalue weighted by Gasteiger charge is -2.38. The highest BCUT2D eigenvalue weighted by Crippen LogP contribution is 2.26. The van der Waals surface area contributed by atoms with Crippen LogP contribution in [0.4, 0.5) is 15.8 Å². The topological polar surface area (TPSA) is 23.6 Å². The van der Waals surface area contributed by atoms with Crippen molar-refractivity contribution in [1.82, 2.24) is 0 Å². The number of nitrogens with zero attached hydrogens (tertiary/aromatic N) is 2. The van der Waals surface area contributed by atoms with Crippen molar-refractivity contribution < 1.29 is 9.18 Å². The summed E-state index contributed by atoms with van der Waals surface area (Å²) in [6.45, 7) is 6.78. The fourth-order valence-electron chi connectivity index (χ4n) is 3.16. The number of benzene rings is 2. The highest BCUT2D eigenvalue weighted by Gasteiger charge is 2.22. The molecule has 1 heterocycles. The number of piperazine rings is 1. The van der Waals surface area contributed by atoms with E-state index in [0.717, 1.165) is 26.2 Å². The van der Waals surface area contributed by atoms with Gasteiger partial charge >= 0.3 is 0 Å². The van der Waals surface area contributed by atoms with Gasteiger partial charge in [0.2, 0.25) is 0 Å². The maximum absolute atomic E-state index is 14.0. The maximum Gasteiger partial charge on any atom is 0.164 e. The van der Waals surface area contributed by atoms with E-state index in [2.05, 4.69) is 41.0 Å². The van der Waals surface area contributed by atoms with E-state index in [1.807, 2.05) is 6.07 Å². The normalized spacial score (nSPS) is 14.9. The average Bonchev–Trinajstić information content (AvgIpc) is 2.54. The van der Waals surface area contributed by atoms with Crippen molar-refractivity contribution >= 4 is 17.2 Å². The van der Waals surface area contributed by atoms with Gasteiger partial charge in [-0.3, -0.25) is 4.79 Å². The Morgan fingerprint density at radius 1 is 1.00 bits per heavy atom. The largest absolute Gasteiger partial charge is 0.368 e. The SMILES string of the molecule is CC(=O)c1c(F)cccc1N1CCN(c2cccc(C)c2)CC1. The Kier molecular flexibility index (Phi) is 4.33. The molecule has 1 saturated heterocycles. The first-order chi connectivity index (χ1) is 11.1. The Morgan fingerprint density at radius 3 is 2.30 bits per heavy atom. The van der Waals surface area contributed by atoms with Crippen LogP contribution in [0.2, 0.25) is 0 Å². The summed E-state index contributed by atoms with van der Waals surface area (Å²) in [5, 5.41) is 0. The molecule has 4 heteroatoms. The second-order valence-electron chi connectivity index (χ2n) is 6.00. The van der Waals surface area contributed by atoms with Crippen LogP contribution in [0.3, 0.4) is 0 Å². The highest BCUT2D eigenvalue weighted by atomic mass is 19.1. The number of halogens is 1. The minimum atomic E-state index is -0.434. The third-order valence-electron chi connectivity index (χ3n) is 4.33. The van der Waals surface area contributed by atoms with Crippen LogP contribution in [0.15, 0.2) is 42.5 Å². The Labute approximate surface area is 136 Å². The van der Waals surface area contributed by atoms with Gasteiger partial charge in [0, 0.05) is 31.9 Å². The fourth-order valence-corrected chi connectivity index (χ4v) is 3.16. The summed E-state index contributed by atoms with van der Waals surface area (Å²) >= 11 is 0. The molecule has 0 amide bonds. The van der Waals surface area contributed by atoms with Crippen molar-refractivity contribution in [2.24, 2.45) is 0 Å². The molecule has 0 atom stereocenters. The van der Waals surface area contributed by atoms with Crippen LogP contribution in [0.1, 0.15) is 22.8 Å². The monoisotopic (exact) mass is 312 g/mol. The summed E-state index contributed by atoms with van der Waals surface area (Å²) in [6.07, 6.45) is 0. The molecule has 0 bridgehead atoms. The predicted octanol–water partition coefficient (Wildman–Crippen LogP) is 3.66. The standard InChI is InChI=1S/C19H21FN2O/c1-14-5-3-6-16(13-14)21-9-11-22(12-10-21)18-8-4-7-17(20)19(18)15(2)23/h3-8,13H,9-12H2,1-2H3. The van der Waals surface area contributed by atoms with Gasteiger partial charge in [0.25, 0.3) is 0 Å². The zero-order chi connectivity index (χ0) is 16.4. The van der Waals surface area contributed by atoms with E-state index in [1.54, 1.807) is 6.07 Å². The lowest BCUT2D eigenvalue weighted by molar-refractivity contribution is 0.101. The predicted molar refractivity (Wildman–Crippen MR) is 92.0 cm³/mol. The number of ketones is 1. The molecule has 0 radical (unpaired) electrons. The molecule has 0 aliphatic carbocycles. The van der Waals surface area contributed by atoms with E-state index in [9.17, 15) is 9.18 Å². The quantitative estimate of drug-likeness (QED) is 0.808. The third kappa shape index (κ3) is 3.21. The zero-order valence-electron chi connectivity index (χ0n) is 13.6. The molecule has 3 rings (SSSR count). The summed E-state index contributed by atoms with van der Waals surface area (Å²) in [4.78, 5) is 16.2. The van der Waals surface area contributed by atoms with Gasteiger partial charge in [0.1, 0.15) is 5.82 Å². The number of carbonyl (C=O) groups excluding carboxylic acids is 1. The van der Waals surface area contributed by atoms with Crippen LogP contribution < -0.4 is 9.80 Å². The highest BCUT2D eigenvalue weighted by molar-refractivity contribution is 6.00. The van der Waals surface area contributed by atoms with E-state index >= 15 is 0 Å². The van der Waals surface area contributed by atoms with Gasteiger partial charge in [-0.05, 0) is 43.7 Å². The smallest absolute Gasteiger partial charge is 0.164 e. The molecule has 3 nitrogen and oxygen atoms in total. The molecule has 0 N–H and O–H groups in total. The number of rotatable bonds is 3. The lowest BCUT2D eigenvalue weighted by Crippen LogP contribution is -2.47. The molecular weight excluding hydrogens is 291 g/mol. The van der Waals surface area contributed by atoms with Crippen molar-refractivity contribution in [2.45, 2.75) is 13.8 Å². The van der Waals surface area contributed by atoms with Gasteiger partial charge in [0.05, 0.1) is 11.3 Å². The first-order valence-corrected chi connectivity index (χ1v) is 7.92. The second kappa shape index (κ2) is 6.41. The number of anilines is 2. The average molecular weight is 312 g/mol. The van der Waals surface area contributed by atoms with Gasteiger partial charge in [-0.1, -0.05) is 18.2 Å². The number of Topliss-reactive ketones (excluding diaryl/α,β-unsaturated/α-hetero) is 1. The molecule has 0 unspecified atom stereocenters. The third-order valence-corrected chi connectivity index (χ3v) is 4.33. The van der Waals surface area contributed by atoms with Crippen LogP contribution in [0.25, 0.3) is 0 Å². The summed E-state index contributed by atoms with van der Waals surface area (Å²) < 4.78 is 14.0. The lowest BCUT2D eigenvalue weighted by atomic mass is 10.1. The first-order valence-electron chi connectivity index (χ1n) is 7.92. The van der Waals surface area contributed by atoms with E-state index in [0.29, 0.717) is 5.69 Å². The molecular formula is C19H21FN2O. The Morgan fingerprint density at radius 2 is 1.65 bits per heavy atom. The summed E-state index contributed by atoms with van der Waals surface area (Å²) in [7, 11) is 0. The van der Waals surface area contributed by atoms with E-state index in [1.165, 1.54) is 24.2 Å². The van der Waals surface area contributed by atoms with Crippen LogP contribution in [-0.2, 0) is 0 Å². The van der Waals surface area contributed by atoms with Crippen molar-refractivity contribution in [3.05, 3.63) is 59.4 Å². The number of hydrogen-bond donors (Lipinski definition) is 0. The molecule has 0 spiro atoms. The van der Waals surface area contributed by atoms with Crippen LogP contribution >= 0.6 is 0 Å². The van der Waals surface area contributed by atoms with E-state index in [4.69, 9.17) is 0 Å². The summed E-state index contributed by atoms with van der Waals surface area (Å²) in [5.74, 6) is -0.657. The van der Waals surface area contributed by atoms with Crippen molar-refractivity contribution in [2.75, 3.05) is 36.0 Å². The molecule has 1 aliphatic heterocycles. The van der Waals surface area contributed by atoms with Gasteiger partial charge in [-0.2, -0.15) is 0 Å². The number of carbonyl (C=O) groups is 1. The Hall–Kier alpha value is -2.36. The van der Waals surface area contributed by atoms with Crippen LogP contribution in [-0.4, -0.2) is 32.0 Å². The Bertz CT molecular complexity index is 721. The Balaban J connectivity index is 1.77. The first kappa shape index (κ1) is 15.5. The van der Waals surface area contributed by atoms with Gasteiger partial charge in [0.15, 0.2) is 5.78 Å². The summed E-state index contributed by atoms with van der Waals surface area (Å²) in [5.41, 5.74) is 3.38. The minimum absolute atomic E-state index is 0.205.